The van der Waals surface area contributed by atoms with Gasteiger partial charge in [-0.2, -0.15) is 0 Å². The maximum atomic E-state index is 12.4. The van der Waals surface area contributed by atoms with Crippen LogP contribution in [0.1, 0.15) is 20.8 Å². The summed E-state index contributed by atoms with van der Waals surface area (Å²) in [6.45, 7) is 5.15. The van der Waals surface area contributed by atoms with Gasteiger partial charge >= 0.3 is 6.09 Å². The van der Waals surface area contributed by atoms with E-state index in [1.165, 1.54) is 6.07 Å². The minimum atomic E-state index is -3.81. The van der Waals surface area contributed by atoms with Crippen LogP contribution in [0.3, 0.4) is 0 Å². The minimum absolute atomic E-state index is 0.0885. The molecule has 2 rings (SSSR count). The van der Waals surface area contributed by atoms with Crippen molar-refractivity contribution in [3.05, 3.63) is 42.5 Å². The third-order valence-electron chi connectivity index (χ3n) is 3.57. The summed E-state index contributed by atoms with van der Waals surface area (Å²) in [5.74, 6) is -0.504. The van der Waals surface area contributed by atoms with E-state index in [9.17, 15) is 18.0 Å². The number of hydrogen-bond donors (Lipinski definition) is 3. The fourth-order valence-corrected chi connectivity index (χ4v) is 3.34. The zero-order valence-corrected chi connectivity index (χ0v) is 16.9. The van der Waals surface area contributed by atoms with Crippen molar-refractivity contribution in [3.63, 3.8) is 0 Å². The van der Waals surface area contributed by atoms with Gasteiger partial charge in [-0.25, -0.2) is 17.9 Å². The van der Waals surface area contributed by atoms with Gasteiger partial charge in [-0.05, 0) is 43.7 Å². The summed E-state index contributed by atoms with van der Waals surface area (Å²) in [6, 6.07) is 12.2. The van der Waals surface area contributed by atoms with Gasteiger partial charge in [-0.3, -0.25) is 4.79 Å². The molecule has 0 spiro atoms. The molecule has 2 amide bonds. The first-order chi connectivity index (χ1) is 13.1. The lowest BCUT2D eigenvalue weighted by atomic mass is 10.1. The summed E-state index contributed by atoms with van der Waals surface area (Å²) in [4.78, 5) is 23.4. The highest BCUT2D eigenvalue weighted by molar-refractivity contribution is 7.89. The van der Waals surface area contributed by atoms with E-state index in [0.717, 1.165) is 10.8 Å². The van der Waals surface area contributed by atoms with Crippen LogP contribution in [-0.2, 0) is 19.6 Å². The molecule has 0 aliphatic heterocycles. The molecule has 0 heterocycles. The van der Waals surface area contributed by atoms with Crippen LogP contribution in [0.2, 0.25) is 0 Å². The molecule has 9 heteroatoms. The van der Waals surface area contributed by atoms with E-state index in [4.69, 9.17) is 4.74 Å². The number of nitrogens with one attached hydrogen (secondary N) is 3. The molecule has 2 aromatic carbocycles. The van der Waals surface area contributed by atoms with Gasteiger partial charge < -0.3 is 15.4 Å². The predicted octanol–water partition coefficient (Wildman–Crippen LogP) is 1.76. The molecule has 8 nitrogen and oxygen atoms in total. The highest BCUT2D eigenvalue weighted by Crippen LogP contribution is 2.18. The Balaban J connectivity index is 1.78. The molecule has 0 atom stereocenters. The van der Waals surface area contributed by atoms with Crippen molar-refractivity contribution < 1.29 is 22.7 Å². The number of carbonyl (C=O) groups excluding carboxylic acids is 2. The van der Waals surface area contributed by atoms with E-state index in [-0.39, 0.29) is 18.0 Å². The number of carbonyl (C=O) groups is 2. The molecule has 28 heavy (non-hydrogen) atoms. The van der Waals surface area contributed by atoms with Gasteiger partial charge in [0, 0.05) is 13.1 Å². The number of rotatable bonds is 7. The lowest BCUT2D eigenvalue weighted by Gasteiger charge is -2.19. The van der Waals surface area contributed by atoms with Crippen molar-refractivity contribution in [3.8, 4) is 0 Å². The van der Waals surface area contributed by atoms with Gasteiger partial charge in [0.05, 0.1) is 11.4 Å². The molecule has 0 radical (unpaired) electrons. The Kier molecular flexibility index (Phi) is 6.98. The second-order valence-corrected chi connectivity index (χ2v) is 8.88. The Hall–Kier alpha value is -2.65. The molecular formula is C19H25N3O5S. The van der Waals surface area contributed by atoms with Crippen LogP contribution in [0.25, 0.3) is 10.8 Å². The Labute approximate surface area is 164 Å². The van der Waals surface area contributed by atoms with Gasteiger partial charge in [0.25, 0.3) is 0 Å². The smallest absolute Gasteiger partial charge is 0.407 e. The summed E-state index contributed by atoms with van der Waals surface area (Å²) < 4.78 is 32.1. The largest absolute Gasteiger partial charge is 0.444 e. The lowest BCUT2D eigenvalue weighted by molar-refractivity contribution is -0.119. The van der Waals surface area contributed by atoms with E-state index in [1.807, 2.05) is 24.3 Å². The molecule has 0 aliphatic carbocycles. The van der Waals surface area contributed by atoms with Gasteiger partial charge in [-0.15, -0.1) is 0 Å². The van der Waals surface area contributed by atoms with E-state index < -0.39 is 34.2 Å². The SMILES string of the molecule is CC(C)(C)OC(=O)NCCNC(=O)CNS(=O)(=O)c1ccc2ccccc2c1. The molecular weight excluding hydrogens is 382 g/mol. The highest BCUT2D eigenvalue weighted by atomic mass is 32.2. The third-order valence-corrected chi connectivity index (χ3v) is 4.97. The van der Waals surface area contributed by atoms with E-state index in [2.05, 4.69) is 15.4 Å². The molecule has 0 aromatic heterocycles. The molecule has 0 fully saturated rings. The summed E-state index contributed by atoms with van der Waals surface area (Å²) in [5, 5.41) is 6.74. The number of fused-ring (bicyclic) bond motifs is 1. The van der Waals surface area contributed by atoms with Crippen molar-refractivity contribution in [1.82, 2.24) is 15.4 Å². The van der Waals surface area contributed by atoms with Crippen molar-refractivity contribution in [1.29, 1.82) is 0 Å². The van der Waals surface area contributed by atoms with E-state index in [0.29, 0.717) is 0 Å². The van der Waals surface area contributed by atoms with Crippen molar-refractivity contribution in [2.24, 2.45) is 0 Å². The molecule has 0 saturated heterocycles. The monoisotopic (exact) mass is 407 g/mol. The molecule has 0 saturated carbocycles. The normalized spacial score (nSPS) is 11.8. The quantitative estimate of drug-likeness (QED) is 0.605. The van der Waals surface area contributed by atoms with E-state index in [1.54, 1.807) is 32.9 Å². The summed E-state index contributed by atoms with van der Waals surface area (Å²) in [5.41, 5.74) is -0.603. The lowest BCUT2D eigenvalue weighted by Crippen LogP contribution is -2.41. The second-order valence-electron chi connectivity index (χ2n) is 7.11. The highest BCUT2D eigenvalue weighted by Gasteiger charge is 2.17. The number of amides is 2. The fourth-order valence-electron chi connectivity index (χ4n) is 2.32. The molecule has 0 aliphatic rings. The Morgan fingerprint density at radius 1 is 0.964 bits per heavy atom. The second kappa shape index (κ2) is 9.03. The van der Waals surface area contributed by atoms with Crippen LogP contribution in [0.4, 0.5) is 4.79 Å². The topological polar surface area (TPSA) is 114 Å². The van der Waals surface area contributed by atoms with Crippen LogP contribution >= 0.6 is 0 Å². The standard InChI is InChI=1S/C19H25N3O5S/c1-19(2,3)27-18(24)21-11-10-20-17(23)13-22-28(25,26)16-9-8-14-6-4-5-7-15(14)12-16/h4-9,12,22H,10-11,13H2,1-3H3,(H,20,23)(H,21,24). The van der Waals surface area contributed by atoms with Crippen LogP contribution in [0, 0.1) is 0 Å². The van der Waals surface area contributed by atoms with Gasteiger partial charge in [0.15, 0.2) is 0 Å². The number of alkyl carbamates (subject to hydrolysis) is 1. The van der Waals surface area contributed by atoms with Gasteiger partial charge in [-0.1, -0.05) is 30.3 Å². The van der Waals surface area contributed by atoms with Crippen LogP contribution < -0.4 is 15.4 Å². The summed E-state index contributed by atoms with van der Waals surface area (Å²) in [6.07, 6.45) is -0.584. The van der Waals surface area contributed by atoms with Crippen molar-refractivity contribution in [2.75, 3.05) is 19.6 Å². The maximum absolute atomic E-state index is 12.4. The van der Waals surface area contributed by atoms with Crippen LogP contribution in [0.5, 0.6) is 0 Å². The predicted molar refractivity (Wildman–Crippen MR) is 106 cm³/mol. The fraction of sp³-hybridized carbons (Fsp3) is 0.368. The number of benzene rings is 2. The summed E-state index contributed by atoms with van der Waals surface area (Å²) >= 11 is 0. The Morgan fingerprint density at radius 2 is 1.61 bits per heavy atom. The Morgan fingerprint density at radius 3 is 2.29 bits per heavy atom. The maximum Gasteiger partial charge on any atom is 0.407 e. The summed E-state index contributed by atoms with van der Waals surface area (Å²) in [7, 11) is -3.81. The minimum Gasteiger partial charge on any atom is -0.444 e. The Bertz CT molecular complexity index is 951. The zero-order valence-electron chi connectivity index (χ0n) is 16.1. The molecule has 3 N–H and O–H groups in total. The first-order valence-corrected chi connectivity index (χ1v) is 10.3. The van der Waals surface area contributed by atoms with E-state index >= 15 is 0 Å². The van der Waals surface area contributed by atoms with Gasteiger partial charge in [0.1, 0.15) is 5.60 Å². The molecule has 0 bridgehead atoms. The molecule has 0 unspecified atom stereocenters. The zero-order chi connectivity index (χ0) is 20.8. The van der Waals surface area contributed by atoms with Gasteiger partial charge in [0.2, 0.25) is 15.9 Å². The first-order valence-electron chi connectivity index (χ1n) is 8.79. The number of ether oxygens (including phenoxy) is 1. The molecule has 152 valence electrons. The van der Waals surface area contributed by atoms with Crippen molar-refractivity contribution in [2.45, 2.75) is 31.3 Å². The first kappa shape index (κ1) is 21.6. The van der Waals surface area contributed by atoms with Crippen LogP contribution in [-0.4, -0.2) is 45.7 Å². The average molecular weight is 407 g/mol. The number of hydrogen-bond acceptors (Lipinski definition) is 5. The third kappa shape index (κ3) is 6.82. The molecule has 2 aromatic rings. The van der Waals surface area contributed by atoms with Crippen molar-refractivity contribution >= 4 is 32.8 Å². The van der Waals surface area contributed by atoms with Crippen LogP contribution in [0.15, 0.2) is 47.4 Å². The number of sulfonamides is 1. The average Bonchev–Trinajstić information content (AvgIpc) is 2.62.